The van der Waals surface area contributed by atoms with Crippen molar-refractivity contribution in [2.75, 3.05) is 6.61 Å². The number of benzene rings is 2. The van der Waals surface area contributed by atoms with Crippen LogP contribution in [0, 0.1) is 5.82 Å². The van der Waals surface area contributed by atoms with Crippen LogP contribution in [0.2, 0.25) is 0 Å². The molecule has 0 unspecified atom stereocenters. The van der Waals surface area contributed by atoms with Crippen LogP contribution in [0.4, 0.5) is 9.18 Å². The molecule has 7 nitrogen and oxygen atoms in total. The van der Waals surface area contributed by atoms with Crippen LogP contribution < -0.4 is 15.2 Å². The number of carbonyl (C=O) groups excluding carboxylic acids is 3. The van der Waals surface area contributed by atoms with Gasteiger partial charge in [0.1, 0.15) is 23.9 Å². The minimum Gasteiger partial charge on any atom is -0.546 e. The Morgan fingerprint density at radius 3 is 2.57 bits per heavy atom. The van der Waals surface area contributed by atoms with Gasteiger partial charge in [-0.05, 0) is 57.4 Å². The molecule has 1 fully saturated rings. The Morgan fingerprint density at radius 1 is 1.21 bits per heavy atom. The number of hydrogen-bond acceptors (Lipinski definition) is 5. The molecule has 9 heteroatoms. The second-order valence-electron chi connectivity index (χ2n) is 5.86. The Labute approximate surface area is 167 Å². The molecule has 144 valence electrons. The van der Waals surface area contributed by atoms with E-state index in [2.05, 4.69) is 21.2 Å². The average Bonchev–Trinajstić information content (AvgIpc) is 2.90. The number of imide groups is 1. The smallest absolute Gasteiger partial charge is 0.329 e. The van der Waals surface area contributed by atoms with Gasteiger partial charge in [-0.3, -0.25) is 9.69 Å². The fourth-order valence-electron chi connectivity index (χ4n) is 2.51. The second-order valence-corrected chi connectivity index (χ2v) is 6.71. The highest BCUT2D eigenvalue weighted by molar-refractivity contribution is 9.10. The second kappa shape index (κ2) is 8.22. The van der Waals surface area contributed by atoms with E-state index in [9.17, 15) is 23.9 Å². The largest absolute Gasteiger partial charge is 0.546 e. The number of amides is 3. The van der Waals surface area contributed by atoms with Crippen LogP contribution in [-0.4, -0.2) is 29.4 Å². The summed E-state index contributed by atoms with van der Waals surface area (Å²) in [5.41, 5.74) is 1.28. The number of rotatable bonds is 6. The standard InChI is InChI=1S/C19H14BrFN2O5/c20-14-7-12(3-6-16(14)28-10-17(24)25)8-15-18(26)23(19(27)22-15)9-11-1-4-13(21)5-2-11/h1-8H,9-10H2,(H,22,27)(H,24,25)/p-1. The molecule has 1 N–H and O–H groups in total. The molecule has 3 amide bonds. The third kappa shape index (κ3) is 4.55. The van der Waals surface area contributed by atoms with Crippen LogP contribution in [0.1, 0.15) is 11.1 Å². The Bertz CT molecular complexity index is 975. The minimum atomic E-state index is -1.35. The van der Waals surface area contributed by atoms with Gasteiger partial charge in [0.2, 0.25) is 0 Å². The van der Waals surface area contributed by atoms with Crippen LogP contribution in [-0.2, 0) is 16.1 Å². The van der Waals surface area contributed by atoms with Gasteiger partial charge in [0, 0.05) is 0 Å². The number of hydrogen-bond donors (Lipinski definition) is 1. The van der Waals surface area contributed by atoms with Crippen molar-refractivity contribution in [3.63, 3.8) is 0 Å². The third-order valence-corrected chi connectivity index (χ3v) is 4.45. The number of halogens is 2. The minimum absolute atomic E-state index is 0.0159. The molecule has 0 radical (unpaired) electrons. The van der Waals surface area contributed by atoms with E-state index in [0.717, 1.165) is 4.90 Å². The molecule has 0 aliphatic carbocycles. The summed E-state index contributed by atoms with van der Waals surface area (Å²) in [6, 6.07) is 9.67. The predicted molar refractivity (Wildman–Crippen MR) is 98.1 cm³/mol. The van der Waals surface area contributed by atoms with Crippen LogP contribution >= 0.6 is 15.9 Å². The highest BCUT2D eigenvalue weighted by Gasteiger charge is 2.33. The van der Waals surface area contributed by atoms with Gasteiger partial charge in [-0.25, -0.2) is 9.18 Å². The zero-order valence-electron chi connectivity index (χ0n) is 14.3. The normalized spacial score (nSPS) is 15.1. The number of nitrogens with one attached hydrogen (secondary N) is 1. The Morgan fingerprint density at radius 2 is 1.93 bits per heavy atom. The number of carboxylic acids is 1. The number of carbonyl (C=O) groups is 3. The molecular formula is C19H13BrFN2O5-. The van der Waals surface area contributed by atoms with Gasteiger partial charge >= 0.3 is 6.03 Å². The summed E-state index contributed by atoms with van der Waals surface area (Å²) in [5.74, 6) is -1.97. The molecule has 0 saturated carbocycles. The van der Waals surface area contributed by atoms with E-state index in [-0.39, 0.29) is 12.2 Å². The van der Waals surface area contributed by atoms with Gasteiger partial charge < -0.3 is 20.0 Å². The van der Waals surface area contributed by atoms with Crippen LogP contribution in [0.5, 0.6) is 5.75 Å². The maximum Gasteiger partial charge on any atom is 0.329 e. The Hall–Kier alpha value is -3.20. The van der Waals surface area contributed by atoms with Gasteiger partial charge in [0.15, 0.2) is 0 Å². The average molecular weight is 448 g/mol. The molecule has 2 aromatic rings. The molecule has 0 aromatic heterocycles. The lowest BCUT2D eigenvalue weighted by Gasteiger charge is -2.11. The first-order valence-electron chi connectivity index (χ1n) is 8.04. The molecular weight excluding hydrogens is 435 g/mol. The number of urea groups is 1. The lowest BCUT2D eigenvalue weighted by molar-refractivity contribution is -0.307. The topological polar surface area (TPSA) is 98.8 Å². The number of ether oxygens (including phenoxy) is 1. The zero-order valence-corrected chi connectivity index (χ0v) is 15.9. The quantitative estimate of drug-likeness (QED) is 0.537. The van der Waals surface area contributed by atoms with Crippen molar-refractivity contribution in [1.82, 2.24) is 10.2 Å². The first kappa shape index (κ1) is 19.6. The maximum absolute atomic E-state index is 13.0. The van der Waals surface area contributed by atoms with E-state index >= 15 is 0 Å². The van der Waals surface area contributed by atoms with Crippen molar-refractivity contribution >= 4 is 39.9 Å². The first-order valence-corrected chi connectivity index (χ1v) is 8.84. The van der Waals surface area contributed by atoms with Gasteiger partial charge in [-0.15, -0.1) is 0 Å². The maximum atomic E-state index is 13.0. The monoisotopic (exact) mass is 447 g/mol. The summed E-state index contributed by atoms with van der Waals surface area (Å²) in [7, 11) is 0. The highest BCUT2D eigenvalue weighted by atomic mass is 79.9. The molecule has 2 aromatic carbocycles. The van der Waals surface area contributed by atoms with E-state index in [1.165, 1.54) is 36.4 Å². The summed E-state index contributed by atoms with van der Waals surface area (Å²) in [5, 5.41) is 13.0. The molecule has 0 atom stereocenters. The van der Waals surface area contributed by atoms with Crippen LogP contribution in [0.15, 0.2) is 52.6 Å². The number of aliphatic carboxylic acids is 1. The molecule has 1 aliphatic rings. The van der Waals surface area contributed by atoms with Gasteiger partial charge in [-0.2, -0.15) is 0 Å². The molecule has 28 heavy (non-hydrogen) atoms. The first-order chi connectivity index (χ1) is 13.3. The van der Waals surface area contributed by atoms with Crippen molar-refractivity contribution in [2.24, 2.45) is 0 Å². The van der Waals surface area contributed by atoms with Gasteiger partial charge in [-0.1, -0.05) is 18.2 Å². The van der Waals surface area contributed by atoms with Crippen molar-refractivity contribution in [1.29, 1.82) is 0 Å². The molecule has 1 saturated heterocycles. The molecule has 3 rings (SSSR count). The highest BCUT2D eigenvalue weighted by Crippen LogP contribution is 2.27. The number of nitrogens with zero attached hydrogens (tertiary/aromatic N) is 1. The van der Waals surface area contributed by atoms with Crippen LogP contribution in [0.25, 0.3) is 6.08 Å². The molecule has 0 spiro atoms. The van der Waals surface area contributed by atoms with Crippen LogP contribution in [0.3, 0.4) is 0 Å². The summed E-state index contributed by atoms with van der Waals surface area (Å²) in [6.45, 7) is -0.575. The predicted octanol–water partition coefficient (Wildman–Crippen LogP) is 1.81. The summed E-state index contributed by atoms with van der Waals surface area (Å²) < 4.78 is 18.5. The van der Waals surface area contributed by atoms with Gasteiger partial charge in [0.05, 0.1) is 17.0 Å². The van der Waals surface area contributed by atoms with E-state index < -0.39 is 30.3 Å². The van der Waals surface area contributed by atoms with Crippen molar-refractivity contribution in [3.8, 4) is 5.75 Å². The van der Waals surface area contributed by atoms with E-state index in [0.29, 0.717) is 21.3 Å². The summed E-state index contributed by atoms with van der Waals surface area (Å²) >= 11 is 3.25. The van der Waals surface area contributed by atoms with Crippen molar-refractivity contribution in [2.45, 2.75) is 6.54 Å². The zero-order chi connectivity index (χ0) is 20.3. The lowest BCUT2D eigenvalue weighted by atomic mass is 10.1. The van der Waals surface area contributed by atoms with E-state index in [4.69, 9.17) is 4.74 Å². The molecule has 1 heterocycles. The summed E-state index contributed by atoms with van der Waals surface area (Å²) in [6.07, 6.45) is 1.48. The Balaban J connectivity index is 1.75. The SMILES string of the molecule is O=C([O-])COc1ccc(C=C2NC(=O)N(Cc3ccc(F)cc3)C2=O)cc1Br. The lowest BCUT2D eigenvalue weighted by Crippen LogP contribution is -2.30. The van der Waals surface area contributed by atoms with E-state index in [1.54, 1.807) is 12.1 Å². The number of carboxylic acid groups (broad SMARTS) is 1. The van der Waals surface area contributed by atoms with Gasteiger partial charge in [0.25, 0.3) is 5.91 Å². The Kier molecular flexibility index (Phi) is 5.74. The fourth-order valence-corrected chi connectivity index (χ4v) is 3.03. The van der Waals surface area contributed by atoms with E-state index in [1.807, 2.05) is 0 Å². The summed E-state index contributed by atoms with van der Waals surface area (Å²) in [4.78, 5) is 36.1. The molecule has 0 bridgehead atoms. The molecule has 1 aliphatic heterocycles. The fraction of sp³-hybridized carbons (Fsp3) is 0.105. The third-order valence-electron chi connectivity index (χ3n) is 3.83. The van der Waals surface area contributed by atoms with Crippen molar-refractivity contribution in [3.05, 3.63) is 69.6 Å². The van der Waals surface area contributed by atoms with Crippen molar-refractivity contribution < 1.29 is 28.6 Å².